The normalized spacial score (nSPS) is 10.8. The molecule has 1 heterocycles. The Morgan fingerprint density at radius 3 is 2.38 bits per heavy atom. The summed E-state index contributed by atoms with van der Waals surface area (Å²) in [6, 6.07) is 15.7. The Morgan fingerprint density at radius 1 is 0.952 bits per heavy atom. The fourth-order valence-electron chi connectivity index (χ4n) is 2.25. The molecule has 3 aromatic rings. The molecule has 0 spiro atoms. The van der Waals surface area contributed by atoms with Crippen LogP contribution in [0.3, 0.4) is 0 Å². The smallest absolute Gasteiger partial charge is 0.246 e. The quantitative estimate of drug-likeness (QED) is 0.677. The van der Waals surface area contributed by atoms with Gasteiger partial charge in [0.1, 0.15) is 5.75 Å². The molecule has 0 unspecified atom stereocenters. The van der Waals surface area contributed by atoms with E-state index in [1.807, 2.05) is 36.4 Å². The lowest BCUT2D eigenvalue weighted by molar-refractivity contribution is 0.462. The maximum atomic E-state index is 6.06. The summed E-state index contributed by atoms with van der Waals surface area (Å²) in [5.41, 5.74) is 1.30. The van der Waals surface area contributed by atoms with Gasteiger partial charge in [0.2, 0.25) is 5.88 Å². The number of nitrogens with zero attached hydrogens (tertiary/aromatic N) is 2. The third kappa shape index (κ3) is 2.98. The number of aryl methyl sites for hydroxylation is 1. The molecule has 0 amide bonds. The molecule has 21 heavy (non-hydrogen) atoms. The Hall–Kier alpha value is -2.13. The first-order valence-electron chi connectivity index (χ1n) is 6.95. The molecule has 0 aliphatic rings. The van der Waals surface area contributed by atoms with Crippen molar-refractivity contribution in [3.05, 3.63) is 59.2 Å². The largest absolute Gasteiger partial charge is 0.437 e. The van der Waals surface area contributed by atoms with E-state index in [4.69, 9.17) is 16.3 Å². The summed E-state index contributed by atoms with van der Waals surface area (Å²) in [6.45, 7) is 2.17. The van der Waals surface area contributed by atoms with E-state index in [1.165, 1.54) is 5.56 Å². The van der Waals surface area contributed by atoms with E-state index in [2.05, 4.69) is 29.3 Å². The van der Waals surface area contributed by atoms with Gasteiger partial charge in [-0.15, -0.1) is 10.2 Å². The molecule has 106 valence electrons. The molecule has 1 aromatic heterocycles. The van der Waals surface area contributed by atoms with E-state index in [0.29, 0.717) is 11.0 Å². The van der Waals surface area contributed by atoms with Crippen molar-refractivity contribution in [3.63, 3.8) is 0 Å². The van der Waals surface area contributed by atoms with Gasteiger partial charge in [-0.3, -0.25) is 0 Å². The molecule has 0 N–H and O–H groups in total. The van der Waals surface area contributed by atoms with Crippen LogP contribution < -0.4 is 4.74 Å². The monoisotopic (exact) mass is 298 g/mol. The fourth-order valence-corrected chi connectivity index (χ4v) is 2.45. The molecule has 0 bridgehead atoms. The van der Waals surface area contributed by atoms with Crippen LogP contribution in [0.5, 0.6) is 11.6 Å². The van der Waals surface area contributed by atoms with Crippen molar-refractivity contribution in [2.24, 2.45) is 0 Å². The van der Waals surface area contributed by atoms with E-state index in [0.717, 1.165) is 29.4 Å². The Bertz CT molecular complexity index is 756. The second kappa shape index (κ2) is 6.10. The topological polar surface area (TPSA) is 35.0 Å². The van der Waals surface area contributed by atoms with Gasteiger partial charge >= 0.3 is 0 Å². The third-order valence-electron chi connectivity index (χ3n) is 3.28. The van der Waals surface area contributed by atoms with Crippen LogP contribution in [0.1, 0.15) is 18.9 Å². The summed E-state index contributed by atoms with van der Waals surface area (Å²) < 4.78 is 5.85. The average molecular weight is 299 g/mol. The van der Waals surface area contributed by atoms with Crippen LogP contribution in [0, 0.1) is 0 Å². The first-order valence-corrected chi connectivity index (χ1v) is 7.33. The van der Waals surface area contributed by atoms with Crippen LogP contribution in [0.4, 0.5) is 0 Å². The van der Waals surface area contributed by atoms with Crippen LogP contribution >= 0.6 is 11.6 Å². The molecule has 0 radical (unpaired) electrons. The minimum Gasteiger partial charge on any atom is -0.437 e. The predicted molar refractivity (Wildman–Crippen MR) is 85.1 cm³/mol. The Kier molecular flexibility index (Phi) is 4.02. The molecule has 3 nitrogen and oxygen atoms in total. The minimum absolute atomic E-state index is 0.385. The molecular weight excluding hydrogens is 284 g/mol. The SMILES string of the molecule is CCCc1ccc(Oc2nnc(Cl)c3ccccc23)cc1. The zero-order chi connectivity index (χ0) is 14.7. The van der Waals surface area contributed by atoms with E-state index in [9.17, 15) is 0 Å². The number of hydrogen-bond acceptors (Lipinski definition) is 3. The maximum Gasteiger partial charge on any atom is 0.246 e. The van der Waals surface area contributed by atoms with Crippen molar-refractivity contribution in [1.82, 2.24) is 10.2 Å². The minimum atomic E-state index is 0.385. The fraction of sp³-hybridized carbons (Fsp3) is 0.176. The van der Waals surface area contributed by atoms with Crippen LogP contribution in [0.15, 0.2) is 48.5 Å². The number of benzene rings is 2. The van der Waals surface area contributed by atoms with Gasteiger partial charge in [-0.2, -0.15) is 0 Å². The van der Waals surface area contributed by atoms with E-state index < -0.39 is 0 Å². The molecule has 3 rings (SSSR count). The van der Waals surface area contributed by atoms with Gasteiger partial charge in [0, 0.05) is 10.8 Å². The Balaban J connectivity index is 1.93. The number of rotatable bonds is 4. The summed E-state index contributed by atoms with van der Waals surface area (Å²) in [5.74, 6) is 1.22. The molecule has 0 atom stereocenters. The lowest BCUT2D eigenvalue weighted by atomic mass is 10.1. The first-order chi connectivity index (χ1) is 10.3. The van der Waals surface area contributed by atoms with Crippen molar-refractivity contribution in [3.8, 4) is 11.6 Å². The van der Waals surface area contributed by atoms with Gasteiger partial charge < -0.3 is 4.74 Å². The van der Waals surface area contributed by atoms with Crippen LogP contribution in [-0.2, 0) is 6.42 Å². The standard InChI is InChI=1S/C17H15ClN2O/c1-2-5-12-8-10-13(11-9-12)21-17-15-7-4-3-6-14(15)16(18)19-20-17/h3-4,6-11H,2,5H2,1H3. The summed E-state index contributed by atoms with van der Waals surface area (Å²) in [6.07, 6.45) is 2.21. The number of halogens is 1. The van der Waals surface area contributed by atoms with Crippen LogP contribution in [0.25, 0.3) is 10.8 Å². The molecular formula is C17H15ClN2O. The highest BCUT2D eigenvalue weighted by atomic mass is 35.5. The van der Waals surface area contributed by atoms with Crippen molar-refractivity contribution < 1.29 is 4.74 Å². The summed E-state index contributed by atoms with van der Waals surface area (Å²) in [4.78, 5) is 0. The molecule has 0 saturated heterocycles. The average Bonchev–Trinajstić information content (AvgIpc) is 2.52. The lowest BCUT2D eigenvalue weighted by Gasteiger charge is -2.08. The van der Waals surface area contributed by atoms with Gasteiger partial charge in [0.05, 0.1) is 0 Å². The van der Waals surface area contributed by atoms with Gasteiger partial charge in [-0.1, -0.05) is 55.3 Å². The third-order valence-corrected chi connectivity index (χ3v) is 3.56. The number of fused-ring (bicyclic) bond motifs is 1. The molecule has 0 aliphatic heterocycles. The van der Waals surface area contributed by atoms with Crippen molar-refractivity contribution >= 4 is 22.4 Å². The van der Waals surface area contributed by atoms with Gasteiger partial charge in [0.15, 0.2) is 5.15 Å². The zero-order valence-corrected chi connectivity index (χ0v) is 12.5. The van der Waals surface area contributed by atoms with Crippen LogP contribution in [0.2, 0.25) is 5.15 Å². The molecule has 0 aliphatic carbocycles. The molecule has 4 heteroatoms. The van der Waals surface area contributed by atoms with E-state index >= 15 is 0 Å². The second-order valence-corrected chi connectivity index (χ2v) is 5.20. The van der Waals surface area contributed by atoms with Crippen molar-refractivity contribution in [2.75, 3.05) is 0 Å². The highest BCUT2D eigenvalue weighted by molar-refractivity contribution is 6.34. The number of ether oxygens (including phenoxy) is 1. The molecule has 0 fully saturated rings. The van der Waals surface area contributed by atoms with Crippen molar-refractivity contribution in [1.29, 1.82) is 0 Å². The predicted octanol–water partition coefficient (Wildman–Crippen LogP) is 5.03. The highest BCUT2D eigenvalue weighted by Gasteiger charge is 2.09. The number of hydrogen-bond donors (Lipinski definition) is 0. The zero-order valence-electron chi connectivity index (χ0n) is 11.7. The Labute approximate surface area is 128 Å². The first kappa shape index (κ1) is 13.8. The summed E-state index contributed by atoms with van der Waals surface area (Å²) in [7, 11) is 0. The van der Waals surface area contributed by atoms with Gasteiger partial charge in [-0.05, 0) is 30.2 Å². The highest BCUT2D eigenvalue weighted by Crippen LogP contribution is 2.30. The van der Waals surface area contributed by atoms with Gasteiger partial charge in [-0.25, -0.2) is 0 Å². The lowest BCUT2D eigenvalue weighted by Crippen LogP contribution is -1.93. The molecule has 0 saturated carbocycles. The summed E-state index contributed by atoms with van der Waals surface area (Å²) in [5, 5.41) is 10.1. The number of aromatic nitrogens is 2. The maximum absolute atomic E-state index is 6.06. The van der Waals surface area contributed by atoms with Crippen LogP contribution in [-0.4, -0.2) is 10.2 Å². The van der Waals surface area contributed by atoms with Gasteiger partial charge in [0.25, 0.3) is 0 Å². The summed E-state index contributed by atoms with van der Waals surface area (Å²) >= 11 is 6.06. The molecule has 2 aromatic carbocycles. The van der Waals surface area contributed by atoms with Crippen molar-refractivity contribution in [2.45, 2.75) is 19.8 Å². The Morgan fingerprint density at radius 2 is 1.67 bits per heavy atom. The van der Waals surface area contributed by atoms with E-state index in [1.54, 1.807) is 0 Å². The second-order valence-electron chi connectivity index (χ2n) is 4.84. The van der Waals surface area contributed by atoms with E-state index in [-0.39, 0.29) is 0 Å².